The molecule has 0 bridgehead atoms. The number of hydrogen-bond donors (Lipinski definition) is 1. The lowest BCUT2D eigenvalue weighted by Gasteiger charge is -2.25. The summed E-state index contributed by atoms with van der Waals surface area (Å²) in [6.07, 6.45) is 7.01. The average molecular weight is 189 g/mol. The van der Waals surface area contributed by atoms with Crippen molar-refractivity contribution >= 4 is 0 Å². The molecule has 1 aromatic rings. The van der Waals surface area contributed by atoms with Crippen LogP contribution in [-0.2, 0) is 13.0 Å². The molecule has 3 nitrogen and oxygen atoms in total. The van der Waals surface area contributed by atoms with Crippen LogP contribution in [0, 0.1) is 0 Å². The van der Waals surface area contributed by atoms with Crippen molar-refractivity contribution in [3.8, 4) is 0 Å². The van der Waals surface area contributed by atoms with Gasteiger partial charge in [0.2, 0.25) is 0 Å². The van der Waals surface area contributed by atoms with Crippen LogP contribution in [0.4, 0.5) is 0 Å². The van der Waals surface area contributed by atoms with Gasteiger partial charge in [-0.25, -0.2) is 9.97 Å². The minimum Gasteiger partial charge on any atom is -0.312 e. The molecule has 1 aliphatic heterocycles. The van der Waals surface area contributed by atoms with Gasteiger partial charge in [0.15, 0.2) is 0 Å². The van der Waals surface area contributed by atoms with Gasteiger partial charge in [0.05, 0.1) is 0 Å². The van der Waals surface area contributed by atoms with Gasteiger partial charge in [-0.3, -0.25) is 0 Å². The van der Waals surface area contributed by atoms with E-state index in [0.717, 1.165) is 25.3 Å². The largest absolute Gasteiger partial charge is 0.312 e. The summed E-state index contributed by atoms with van der Waals surface area (Å²) in [7, 11) is 0. The van der Waals surface area contributed by atoms with Crippen LogP contribution in [0.25, 0.3) is 0 Å². The molecule has 2 heterocycles. The van der Waals surface area contributed by atoms with Crippen molar-refractivity contribution in [2.24, 2.45) is 0 Å². The molecule has 1 N–H and O–H groups in total. The molecule has 0 spiro atoms. The Hall–Kier alpha value is -0.960. The predicted molar refractivity (Wildman–Crippen MR) is 54.0 cm³/mol. The van der Waals surface area contributed by atoms with E-state index in [1.165, 1.54) is 30.5 Å². The number of nitrogens with one attached hydrogen (secondary N) is 1. The van der Waals surface area contributed by atoms with Crippen LogP contribution in [0.15, 0.2) is 6.20 Å². The van der Waals surface area contributed by atoms with E-state index in [9.17, 15) is 0 Å². The minimum absolute atomic E-state index is 0.662. The maximum atomic E-state index is 4.68. The highest BCUT2D eigenvalue weighted by molar-refractivity contribution is 5.21. The molecule has 14 heavy (non-hydrogen) atoms. The Morgan fingerprint density at radius 1 is 1.36 bits per heavy atom. The van der Waals surface area contributed by atoms with Crippen LogP contribution in [0.5, 0.6) is 0 Å². The first-order valence-electron chi connectivity index (χ1n) is 5.49. The zero-order valence-corrected chi connectivity index (χ0v) is 8.29. The van der Waals surface area contributed by atoms with E-state index in [2.05, 4.69) is 15.3 Å². The molecule has 0 saturated heterocycles. The monoisotopic (exact) mass is 189 g/mol. The van der Waals surface area contributed by atoms with Gasteiger partial charge in [-0.1, -0.05) is 6.42 Å². The van der Waals surface area contributed by atoms with Gasteiger partial charge in [0, 0.05) is 42.9 Å². The first-order valence-corrected chi connectivity index (χ1v) is 5.49. The van der Waals surface area contributed by atoms with E-state index >= 15 is 0 Å². The average Bonchev–Trinajstić information content (AvgIpc) is 2.15. The SMILES string of the molecule is c1nc(C2CCC2)nc2c1CNCC2. The first-order chi connectivity index (χ1) is 6.93. The molecule has 0 amide bonds. The lowest BCUT2D eigenvalue weighted by molar-refractivity contribution is 0.399. The number of hydrogen-bond acceptors (Lipinski definition) is 3. The third kappa shape index (κ3) is 1.32. The van der Waals surface area contributed by atoms with Gasteiger partial charge < -0.3 is 5.32 Å². The highest BCUT2D eigenvalue weighted by Gasteiger charge is 2.23. The molecule has 0 atom stereocenters. The molecule has 1 aliphatic carbocycles. The lowest BCUT2D eigenvalue weighted by Crippen LogP contribution is -2.26. The second-order valence-electron chi connectivity index (χ2n) is 4.25. The van der Waals surface area contributed by atoms with Crippen LogP contribution in [-0.4, -0.2) is 16.5 Å². The molecule has 1 fully saturated rings. The number of rotatable bonds is 1. The molecular formula is C11H15N3. The third-order valence-electron chi connectivity index (χ3n) is 3.30. The van der Waals surface area contributed by atoms with E-state index in [1.54, 1.807) is 0 Å². The van der Waals surface area contributed by atoms with E-state index in [1.807, 2.05) is 6.20 Å². The van der Waals surface area contributed by atoms with Crippen molar-refractivity contribution in [3.63, 3.8) is 0 Å². The summed E-state index contributed by atoms with van der Waals surface area (Å²) in [5.41, 5.74) is 2.57. The van der Waals surface area contributed by atoms with Crippen LogP contribution in [0.2, 0.25) is 0 Å². The van der Waals surface area contributed by atoms with Crippen LogP contribution < -0.4 is 5.32 Å². The van der Waals surface area contributed by atoms with Crippen molar-refractivity contribution in [2.75, 3.05) is 6.54 Å². The van der Waals surface area contributed by atoms with E-state index in [-0.39, 0.29) is 0 Å². The van der Waals surface area contributed by atoms with Gasteiger partial charge in [-0.2, -0.15) is 0 Å². The normalized spacial score (nSPS) is 21.4. The van der Waals surface area contributed by atoms with Crippen molar-refractivity contribution in [1.29, 1.82) is 0 Å². The van der Waals surface area contributed by atoms with Crippen LogP contribution in [0.3, 0.4) is 0 Å². The second kappa shape index (κ2) is 3.31. The van der Waals surface area contributed by atoms with Gasteiger partial charge in [0.1, 0.15) is 5.82 Å². The van der Waals surface area contributed by atoms with Crippen molar-refractivity contribution in [2.45, 2.75) is 38.1 Å². The lowest BCUT2D eigenvalue weighted by atomic mass is 9.84. The molecule has 3 rings (SSSR count). The van der Waals surface area contributed by atoms with E-state index < -0.39 is 0 Å². The minimum atomic E-state index is 0.662. The molecule has 74 valence electrons. The maximum absolute atomic E-state index is 4.68. The van der Waals surface area contributed by atoms with Crippen LogP contribution >= 0.6 is 0 Å². The zero-order valence-electron chi connectivity index (χ0n) is 8.29. The quantitative estimate of drug-likeness (QED) is 0.725. The van der Waals surface area contributed by atoms with Gasteiger partial charge in [0.25, 0.3) is 0 Å². The summed E-state index contributed by atoms with van der Waals surface area (Å²) >= 11 is 0. The summed E-state index contributed by atoms with van der Waals surface area (Å²) < 4.78 is 0. The van der Waals surface area contributed by atoms with Crippen molar-refractivity contribution < 1.29 is 0 Å². The molecule has 0 unspecified atom stereocenters. The summed E-state index contributed by atoms with van der Waals surface area (Å²) in [5.74, 6) is 1.76. The number of aromatic nitrogens is 2. The maximum Gasteiger partial charge on any atom is 0.131 e. The zero-order chi connectivity index (χ0) is 9.38. The Morgan fingerprint density at radius 2 is 2.29 bits per heavy atom. The topological polar surface area (TPSA) is 37.8 Å². The standard InChI is InChI=1S/C11H15N3/c1-2-8(3-1)11-13-7-9-6-12-5-4-10(9)14-11/h7-8,12H,1-6H2. The molecule has 1 aromatic heterocycles. The summed E-state index contributed by atoms with van der Waals surface area (Å²) in [6, 6.07) is 0. The fraction of sp³-hybridized carbons (Fsp3) is 0.636. The molecular weight excluding hydrogens is 174 g/mol. The molecule has 1 saturated carbocycles. The summed E-state index contributed by atoms with van der Waals surface area (Å²) in [6.45, 7) is 2.01. The van der Waals surface area contributed by atoms with Crippen molar-refractivity contribution in [3.05, 3.63) is 23.3 Å². The third-order valence-corrected chi connectivity index (χ3v) is 3.30. The molecule has 0 radical (unpaired) electrons. The number of nitrogens with zero attached hydrogens (tertiary/aromatic N) is 2. The Bertz CT molecular complexity index is 344. The molecule has 3 heteroatoms. The fourth-order valence-electron chi connectivity index (χ4n) is 2.11. The molecule has 2 aliphatic rings. The predicted octanol–water partition coefficient (Wildman–Crippen LogP) is 1.39. The number of fused-ring (bicyclic) bond motifs is 1. The second-order valence-corrected chi connectivity index (χ2v) is 4.25. The van der Waals surface area contributed by atoms with Gasteiger partial charge in [-0.15, -0.1) is 0 Å². The Labute approximate surface area is 84.0 Å². The fourth-order valence-corrected chi connectivity index (χ4v) is 2.11. The summed E-state index contributed by atoms with van der Waals surface area (Å²) in [4.78, 5) is 9.15. The van der Waals surface area contributed by atoms with Crippen molar-refractivity contribution in [1.82, 2.24) is 15.3 Å². The van der Waals surface area contributed by atoms with Crippen LogP contribution in [0.1, 0.15) is 42.3 Å². The Morgan fingerprint density at radius 3 is 3.07 bits per heavy atom. The first kappa shape index (κ1) is 8.36. The van der Waals surface area contributed by atoms with Gasteiger partial charge >= 0.3 is 0 Å². The highest BCUT2D eigenvalue weighted by Crippen LogP contribution is 2.34. The van der Waals surface area contributed by atoms with E-state index in [4.69, 9.17) is 0 Å². The molecule has 0 aromatic carbocycles. The van der Waals surface area contributed by atoms with E-state index in [0.29, 0.717) is 5.92 Å². The smallest absolute Gasteiger partial charge is 0.131 e. The highest BCUT2D eigenvalue weighted by atomic mass is 14.9. The summed E-state index contributed by atoms with van der Waals surface area (Å²) in [5, 5.41) is 3.34. The Balaban J connectivity index is 1.92. The Kier molecular flexibility index (Phi) is 1.98. The van der Waals surface area contributed by atoms with Gasteiger partial charge in [-0.05, 0) is 12.8 Å².